The summed E-state index contributed by atoms with van der Waals surface area (Å²) in [5.41, 5.74) is 0.779. The topological polar surface area (TPSA) is 20.3 Å². The fourth-order valence-corrected chi connectivity index (χ4v) is 4.58. The average Bonchev–Trinajstić information content (AvgIpc) is 2.56. The maximum absolute atomic E-state index is 12.3. The third kappa shape index (κ3) is 4.76. The zero-order valence-corrected chi connectivity index (χ0v) is 15.2. The van der Waals surface area contributed by atoms with Crippen LogP contribution in [0.2, 0.25) is 0 Å². The normalized spacial score (nSPS) is 11.8. The van der Waals surface area contributed by atoms with Crippen LogP contribution in [0.25, 0.3) is 0 Å². The first-order valence-corrected chi connectivity index (χ1v) is 8.43. The molecule has 1 heterocycles. The molecule has 18 heavy (non-hydrogen) atoms. The minimum Gasteiger partial charge on any atom is -0.293 e. The summed E-state index contributed by atoms with van der Waals surface area (Å²) in [6, 6.07) is 2.28. The molecule has 2 nitrogen and oxygen atoms in total. The van der Waals surface area contributed by atoms with Crippen molar-refractivity contribution in [3.8, 4) is 0 Å². The van der Waals surface area contributed by atoms with Gasteiger partial charge in [0.1, 0.15) is 0 Å². The first-order chi connectivity index (χ1) is 8.31. The van der Waals surface area contributed by atoms with Gasteiger partial charge in [-0.15, -0.1) is 11.3 Å². The molecule has 0 radical (unpaired) electrons. The number of ketones is 1. The molecule has 0 aliphatic rings. The summed E-state index contributed by atoms with van der Waals surface area (Å²) in [5.74, 6) is 0.746. The lowest BCUT2D eigenvalue weighted by Gasteiger charge is -2.27. The van der Waals surface area contributed by atoms with Crippen molar-refractivity contribution in [2.45, 2.75) is 33.7 Å². The summed E-state index contributed by atoms with van der Waals surface area (Å²) in [4.78, 5) is 14.5. The summed E-state index contributed by atoms with van der Waals surface area (Å²) in [6.45, 7) is 10.1. The van der Waals surface area contributed by atoms with Crippen LogP contribution < -0.4 is 0 Å². The third-order valence-corrected chi connectivity index (χ3v) is 4.97. The Balaban J connectivity index is 2.75. The lowest BCUT2D eigenvalue weighted by atomic mass is 10.1. The Morgan fingerprint density at radius 3 is 2.33 bits per heavy atom. The van der Waals surface area contributed by atoms with Crippen molar-refractivity contribution in [1.29, 1.82) is 0 Å². The highest BCUT2D eigenvalue weighted by atomic mass is 79.9. The molecule has 0 amide bonds. The lowest BCUT2D eigenvalue weighted by molar-refractivity contribution is 0.0892. The molecule has 102 valence electrons. The van der Waals surface area contributed by atoms with Gasteiger partial charge in [-0.3, -0.25) is 9.69 Å². The number of carbonyl (C=O) groups excluding carboxylic acids is 1. The van der Waals surface area contributed by atoms with Crippen molar-refractivity contribution in [3.63, 3.8) is 0 Å². The summed E-state index contributed by atoms with van der Waals surface area (Å²) in [7, 11) is 0. The van der Waals surface area contributed by atoms with E-state index in [9.17, 15) is 4.79 Å². The van der Waals surface area contributed by atoms with Crippen LogP contribution in [0.1, 0.15) is 38.1 Å². The van der Waals surface area contributed by atoms with Crippen molar-refractivity contribution in [2.75, 3.05) is 13.1 Å². The van der Waals surface area contributed by atoms with Crippen LogP contribution in [0.3, 0.4) is 0 Å². The van der Waals surface area contributed by atoms with E-state index in [2.05, 4.69) is 64.5 Å². The van der Waals surface area contributed by atoms with Crippen LogP contribution >= 0.6 is 43.2 Å². The molecule has 1 rings (SSSR count). The third-order valence-electron chi connectivity index (χ3n) is 2.63. The van der Waals surface area contributed by atoms with Gasteiger partial charge in [0.2, 0.25) is 0 Å². The fraction of sp³-hybridized carbons (Fsp3) is 0.615. The van der Waals surface area contributed by atoms with Gasteiger partial charge in [-0.25, -0.2) is 0 Å². The number of hydrogen-bond donors (Lipinski definition) is 0. The molecule has 0 bridgehead atoms. The van der Waals surface area contributed by atoms with Crippen LogP contribution in [-0.2, 0) is 0 Å². The quantitative estimate of drug-likeness (QED) is 0.642. The molecule has 0 aromatic carbocycles. The van der Waals surface area contributed by atoms with Gasteiger partial charge in [-0.05, 0) is 57.7 Å². The SMILES string of the molecule is CC(C)CN(CC(=O)c1cc(Br)sc1Br)C(C)C. The van der Waals surface area contributed by atoms with Crippen LogP contribution in [0.15, 0.2) is 13.6 Å². The second kappa shape index (κ2) is 7.17. The van der Waals surface area contributed by atoms with Gasteiger partial charge in [0.25, 0.3) is 0 Å². The molecule has 1 aromatic rings. The van der Waals surface area contributed by atoms with Gasteiger partial charge in [0.05, 0.1) is 14.1 Å². The molecule has 0 unspecified atom stereocenters. The minimum atomic E-state index is 0.179. The zero-order valence-electron chi connectivity index (χ0n) is 11.2. The van der Waals surface area contributed by atoms with E-state index in [4.69, 9.17) is 0 Å². The van der Waals surface area contributed by atoms with E-state index in [-0.39, 0.29) is 5.78 Å². The minimum absolute atomic E-state index is 0.179. The van der Waals surface area contributed by atoms with Crippen molar-refractivity contribution in [3.05, 3.63) is 19.2 Å². The van der Waals surface area contributed by atoms with E-state index in [0.717, 1.165) is 19.7 Å². The Morgan fingerprint density at radius 2 is 1.94 bits per heavy atom. The monoisotopic (exact) mass is 395 g/mol. The number of thiophene rings is 1. The Bertz CT molecular complexity index is 415. The predicted octanol–water partition coefficient (Wildman–Crippen LogP) is 4.82. The van der Waals surface area contributed by atoms with Gasteiger partial charge in [0.15, 0.2) is 5.78 Å². The molecule has 0 saturated heterocycles. The molecule has 0 saturated carbocycles. The van der Waals surface area contributed by atoms with Crippen molar-refractivity contribution >= 4 is 49.0 Å². The van der Waals surface area contributed by atoms with Crippen molar-refractivity contribution in [2.24, 2.45) is 5.92 Å². The summed E-state index contributed by atoms with van der Waals surface area (Å²) < 4.78 is 1.89. The predicted molar refractivity (Wildman–Crippen MR) is 85.6 cm³/mol. The van der Waals surface area contributed by atoms with E-state index in [1.54, 1.807) is 11.3 Å². The number of Topliss-reactive ketones (excluding diaryl/α,β-unsaturated/α-hetero) is 1. The molecule has 5 heteroatoms. The fourth-order valence-electron chi connectivity index (χ4n) is 1.73. The molecule has 0 N–H and O–H groups in total. The van der Waals surface area contributed by atoms with E-state index in [0.29, 0.717) is 18.5 Å². The molecule has 0 atom stereocenters. The first-order valence-electron chi connectivity index (χ1n) is 6.03. The second-order valence-corrected chi connectivity index (χ2v) is 8.83. The standard InChI is InChI=1S/C13H19Br2NOS/c1-8(2)6-16(9(3)4)7-11(17)10-5-12(14)18-13(10)15/h5,8-9H,6-7H2,1-4H3. The number of halogens is 2. The summed E-state index contributed by atoms with van der Waals surface area (Å²) in [6.07, 6.45) is 0. The Labute approximate surface area is 130 Å². The van der Waals surface area contributed by atoms with Gasteiger partial charge in [-0.2, -0.15) is 0 Å². The number of nitrogens with zero attached hydrogens (tertiary/aromatic N) is 1. The highest BCUT2D eigenvalue weighted by Crippen LogP contribution is 2.32. The first kappa shape index (κ1) is 16.3. The van der Waals surface area contributed by atoms with E-state index in [1.165, 1.54) is 0 Å². The summed E-state index contributed by atoms with van der Waals surface area (Å²) in [5, 5.41) is 0. The summed E-state index contributed by atoms with van der Waals surface area (Å²) >= 11 is 8.40. The highest BCUT2D eigenvalue weighted by Gasteiger charge is 2.19. The Hall–Kier alpha value is 0.290. The Kier molecular flexibility index (Phi) is 6.51. The molecular formula is C13H19Br2NOS. The maximum atomic E-state index is 12.3. The van der Waals surface area contributed by atoms with Crippen molar-refractivity contribution in [1.82, 2.24) is 4.90 Å². The van der Waals surface area contributed by atoms with Crippen LogP contribution in [0.4, 0.5) is 0 Å². The number of rotatable bonds is 6. The van der Waals surface area contributed by atoms with E-state index >= 15 is 0 Å². The molecule has 0 aliphatic heterocycles. The highest BCUT2D eigenvalue weighted by molar-refractivity contribution is 9.12. The molecule has 0 spiro atoms. The second-order valence-electron chi connectivity index (χ2n) is 5.08. The van der Waals surface area contributed by atoms with Gasteiger partial charge in [-0.1, -0.05) is 13.8 Å². The maximum Gasteiger partial charge on any atom is 0.178 e. The molecule has 0 aliphatic carbocycles. The van der Waals surface area contributed by atoms with Gasteiger partial charge in [0, 0.05) is 18.2 Å². The smallest absolute Gasteiger partial charge is 0.178 e. The molecular weight excluding hydrogens is 378 g/mol. The van der Waals surface area contributed by atoms with E-state index in [1.807, 2.05) is 6.07 Å². The largest absolute Gasteiger partial charge is 0.293 e. The molecule has 0 fully saturated rings. The van der Waals surface area contributed by atoms with Crippen LogP contribution in [0.5, 0.6) is 0 Å². The van der Waals surface area contributed by atoms with Crippen LogP contribution in [-0.4, -0.2) is 29.8 Å². The van der Waals surface area contributed by atoms with Crippen LogP contribution in [0, 0.1) is 5.92 Å². The average molecular weight is 397 g/mol. The number of carbonyl (C=O) groups is 1. The zero-order chi connectivity index (χ0) is 13.9. The number of hydrogen-bond acceptors (Lipinski definition) is 3. The van der Waals surface area contributed by atoms with E-state index < -0.39 is 0 Å². The van der Waals surface area contributed by atoms with Crippen molar-refractivity contribution < 1.29 is 4.79 Å². The van der Waals surface area contributed by atoms with Gasteiger partial charge < -0.3 is 0 Å². The molecule has 1 aromatic heterocycles. The Morgan fingerprint density at radius 1 is 1.33 bits per heavy atom. The lowest BCUT2D eigenvalue weighted by Crippen LogP contribution is -2.38. The van der Waals surface area contributed by atoms with Gasteiger partial charge >= 0.3 is 0 Å².